The molecular weight excluding hydrogens is 330 g/mol. The van der Waals surface area contributed by atoms with Gasteiger partial charge in [-0.15, -0.1) is 0 Å². The van der Waals surface area contributed by atoms with Gasteiger partial charge < -0.3 is 4.90 Å². The molecule has 5 rings (SSSR count). The third-order valence-corrected chi connectivity index (χ3v) is 5.33. The first-order valence-electron chi connectivity index (χ1n) is 9.30. The number of rotatable bonds is 2. The Morgan fingerprint density at radius 1 is 0.778 bits per heavy atom. The van der Waals surface area contributed by atoms with Crippen LogP contribution in [0.15, 0.2) is 91.0 Å². The first kappa shape index (κ1) is 15.8. The van der Waals surface area contributed by atoms with Crippen LogP contribution < -0.4 is 4.90 Å². The second kappa shape index (κ2) is 6.40. The molecule has 0 atom stereocenters. The molecule has 0 N–H and O–H groups in total. The number of nitrogens with zero attached hydrogens (tertiary/aromatic N) is 1. The number of amides is 1. The van der Waals surface area contributed by atoms with Crippen LogP contribution in [0.25, 0.3) is 21.9 Å². The maximum atomic E-state index is 13.2. The van der Waals surface area contributed by atoms with Gasteiger partial charge in [0.15, 0.2) is 0 Å². The van der Waals surface area contributed by atoms with Crippen molar-refractivity contribution in [1.82, 2.24) is 0 Å². The van der Waals surface area contributed by atoms with Gasteiger partial charge in [0.2, 0.25) is 0 Å². The first-order chi connectivity index (χ1) is 13.3. The van der Waals surface area contributed by atoms with Gasteiger partial charge >= 0.3 is 0 Å². The lowest BCUT2D eigenvalue weighted by molar-refractivity contribution is 0.0989. The summed E-state index contributed by atoms with van der Waals surface area (Å²) < 4.78 is 0. The smallest absolute Gasteiger partial charge is 0.258 e. The molecular formula is C25H19NO. The molecule has 1 amide bonds. The predicted molar refractivity (Wildman–Crippen MR) is 111 cm³/mol. The minimum Gasteiger partial charge on any atom is -0.307 e. The quantitative estimate of drug-likeness (QED) is 0.454. The van der Waals surface area contributed by atoms with E-state index in [-0.39, 0.29) is 5.91 Å². The van der Waals surface area contributed by atoms with E-state index in [1.54, 1.807) is 0 Å². The average molecular weight is 349 g/mol. The predicted octanol–water partition coefficient (Wildman–Crippen LogP) is 5.71. The lowest BCUT2D eigenvalue weighted by Crippen LogP contribution is -2.28. The highest BCUT2D eigenvalue weighted by atomic mass is 16.2. The molecule has 1 aliphatic rings. The topological polar surface area (TPSA) is 20.3 Å². The standard InChI is InChI=1S/C25H19NO/c27-25(19-11-5-2-6-12-19)26-16-15-22-23(18-9-3-1-4-10-18)17-20-13-7-8-14-21(20)24(22)26/h1-14,17H,15-16H2. The van der Waals surface area contributed by atoms with Gasteiger partial charge in [0.05, 0.1) is 5.69 Å². The van der Waals surface area contributed by atoms with Gasteiger partial charge in [0, 0.05) is 17.5 Å². The summed E-state index contributed by atoms with van der Waals surface area (Å²) in [4.78, 5) is 15.2. The Morgan fingerprint density at radius 3 is 2.22 bits per heavy atom. The molecule has 0 unspecified atom stereocenters. The molecule has 4 aromatic carbocycles. The van der Waals surface area contributed by atoms with Crippen LogP contribution in [0.4, 0.5) is 5.69 Å². The summed E-state index contributed by atoms with van der Waals surface area (Å²) in [5.74, 6) is 0.0738. The van der Waals surface area contributed by atoms with Crippen molar-refractivity contribution >= 4 is 22.4 Å². The number of hydrogen-bond acceptors (Lipinski definition) is 1. The van der Waals surface area contributed by atoms with Crippen LogP contribution in [0.3, 0.4) is 0 Å². The minimum absolute atomic E-state index is 0.0738. The van der Waals surface area contributed by atoms with E-state index < -0.39 is 0 Å². The van der Waals surface area contributed by atoms with Crippen LogP contribution in [0.5, 0.6) is 0 Å². The molecule has 2 heteroatoms. The maximum absolute atomic E-state index is 13.2. The molecule has 130 valence electrons. The highest BCUT2D eigenvalue weighted by Gasteiger charge is 2.29. The van der Waals surface area contributed by atoms with Crippen LogP contribution in [-0.2, 0) is 6.42 Å². The number of benzene rings is 4. The van der Waals surface area contributed by atoms with Crippen molar-refractivity contribution in [3.63, 3.8) is 0 Å². The molecule has 1 heterocycles. The highest BCUT2D eigenvalue weighted by Crippen LogP contribution is 2.42. The first-order valence-corrected chi connectivity index (χ1v) is 9.30. The van der Waals surface area contributed by atoms with Crippen LogP contribution in [0.1, 0.15) is 15.9 Å². The normalized spacial score (nSPS) is 13.0. The van der Waals surface area contributed by atoms with E-state index in [9.17, 15) is 4.79 Å². The zero-order chi connectivity index (χ0) is 18.2. The van der Waals surface area contributed by atoms with Gasteiger partial charge in [-0.2, -0.15) is 0 Å². The summed E-state index contributed by atoms with van der Waals surface area (Å²) in [6.45, 7) is 0.719. The van der Waals surface area contributed by atoms with Crippen LogP contribution >= 0.6 is 0 Å². The zero-order valence-corrected chi connectivity index (χ0v) is 14.9. The van der Waals surface area contributed by atoms with Crippen molar-refractivity contribution in [3.8, 4) is 11.1 Å². The molecule has 0 saturated carbocycles. The molecule has 0 spiro atoms. The van der Waals surface area contributed by atoms with Crippen molar-refractivity contribution in [3.05, 3.63) is 102 Å². The molecule has 0 aromatic heterocycles. The highest BCUT2D eigenvalue weighted by molar-refractivity contribution is 6.14. The molecule has 1 aliphatic heterocycles. The van der Waals surface area contributed by atoms with Crippen molar-refractivity contribution in [2.45, 2.75) is 6.42 Å². The summed E-state index contributed by atoms with van der Waals surface area (Å²) >= 11 is 0. The van der Waals surface area contributed by atoms with Crippen molar-refractivity contribution < 1.29 is 4.79 Å². The van der Waals surface area contributed by atoms with Gasteiger partial charge in [-0.3, -0.25) is 4.79 Å². The van der Waals surface area contributed by atoms with E-state index in [2.05, 4.69) is 48.5 Å². The van der Waals surface area contributed by atoms with Gasteiger partial charge in [-0.1, -0.05) is 72.8 Å². The molecule has 27 heavy (non-hydrogen) atoms. The van der Waals surface area contributed by atoms with Gasteiger partial charge in [0.25, 0.3) is 5.91 Å². The van der Waals surface area contributed by atoms with Crippen molar-refractivity contribution in [2.24, 2.45) is 0 Å². The third kappa shape index (κ3) is 2.61. The fourth-order valence-electron chi connectivity index (χ4n) is 4.08. The second-order valence-electron chi connectivity index (χ2n) is 6.91. The van der Waals surface area contributed by atoms with Crippen molar-refractivity contribution in [1.29, 1.82) is 0 Å². The molecule has 2 nitrogen and oxygen atoms in total. The summed E-state index contributed by atoms with van der Waals surface area (Å²) in [5, 5.41) is 2.32. The lowest BCUT2D eigenvalue weighted by Gasteiger charge is -2.20. The summed E-state index contributed by atoms with van der Waals surface area (Å²) in [6.07, 6.45) is 0.878. The molecule has 0 fully saturated rings. The Labute approximate surface area is 158 Å². The number of anilines is 1. The average Bonchev–Trinajstić information content (AvgIpc) is 3.19. The molecule has 0 aliphatic carbocycles. The fraction of sp³-hybridized carbons (Fsp3) is 0.0800. The Hall–Kier alpha value is -3.39. The van der Waals surface area contributed by atoms with Crippen LogP contribution in [-0.4, -0.2) is 12.5 Å². The Kier molecular flexibility index (Phi) is 3.75. The number of hydrogen-bond donors (Lipinski definition) is 0. The number of fused-ring (bicyclic) bond motifs is 3. The lowest BCUT2D eigenvalue weighted by atomic mass is 9.93. The van der Waals surface area contributed by atoms with E-state index in [0.29, 0.717) is 0 Å². The van der Waals surface area contributed by atoms with Crippen molar-refractivity contribution in [2.75, 3.05) is 11.4 Å². The van der Waals surface area contributed by atoms with E-state index in [1.165, 1.54) is 22.1 Å². The van der Waals surface area contributed by atoms with Gasteiger partial charge in [0.1, 0.15) is 0 Å². The Balaban J connectivity index is 1.74. The Morgan fingerprint density at radius 2 is 1.44 bits per heavy atom. The number of carbonyl (C=O) groups excluding carboxylic acids is 1. The van der Waals surface area contributed by atoms with E-state index in [1.807, 2.05) is 47.4 Å². The summed E-state index contributed by atoms with van der Waals surface area (Å²) in [7, 11) is 0. The maximum Gasteiger partial charge on any atom is 0.258 e. The largest absolute Gasteiger partial charge is 0.307 e. The molecule has 4 aromatic rings. The van der Waals surface area contributed by atoms with Gasteiger partial charge in [-0.05, 0) is 46.7 Å². The van der Waals surface area contributed by atoms with Gasteiger partial charge in [-0.25, -0.2) is 0 Å². The monoisotopic (exact) mass is 349 g/mol. The number of carbonyl (C=O) groups is 1. The third-order valence-electron chi connectivity index (χ3n) is 5.33. The van der Waals surface area contributed by atoms with Crippen LogP contribution in [0.2, 0.25) is 0 Å². The van der Waals surface area contributed by atoms with E-state index in [0.717, 1.165) is 29.6 Å². The van der Waals surface area contributed by atoms with E-state index in [4.69, 9.17) is 0 Å². The summed E-state index contributed by atoms with van der Waals surface area (Å²) in [6, 6.07) is 30.7. The SMILES string of the molecule is O=C(c1ccccc1)N1CCc2c(-c3ccccc3)cc3ccccc3c21. The molecule has 0 bridgehead atoms. The Bertz CT molecular complexity index is 1130. The minimum atomic E-state index is 0.0738. The van der Waals surface area contributed by atoms with Crippen LogP contribution in [0, 0.1) is 0 Å². The fourth-order valence-corrected chi connectivity index (χ4v) is 4.08. The van der Waals surface area contributed by atoms with E-state index >= 15 is 0 Å². The summed E-state index contributed by atoms with van der Waals surface area (Å²) in [5.41, 5.74) is 5.51. The second-order valence-corrected chi connectivity index (χ2v) is 6.91. The molecule has 0 saturated heterocycles. The molecule has 0 radical (unpaired) electrons. The zero-order valence-electron chi connectivity index (χ0n) is 14.9.